The molecule has 0 aromatic rings. The Balaban J connectivity index is 1.88. The zero-order chi connectivity index (χ0) is 15.4. The van der Waals surface area contributed by atoms with Crippen LogP contribution in [-0.2, 0) is 23.9 Å². The van der Waals surface area contributed by atoms with E-state index in [-0.39, 0.29) is 24.3 Å². The van der Waals surface area contributed by atoms with Crippen LogP contribution in [0.25, 0.3) is 0 Å². The normalized spacial score (nSPS) is 23.8. The predicted octanol–water partition coefficient (Wildman–Crippen LogP) is -0.355. The third kappa shape index (κ3) is 3.72. The zero-order valence-electron chi connectivity index (χ0n) is 12.5. The Morgan fingerprint density at radius 1 is 1.10 bits per heavy atom. The molecule has 0 radical (unpaired) electrons. The maximum Gasteiger partial charge on any atom is 0.336 e. The number of morpholine rings is 1. The minimum Gasteiger partial charge on any atom is -0.467 e. The number of piperidine rings is 1. The maximum atomic E-state index is 12.5. The van der Waals surface area contributed by atoms with E-state index in [4.69, 9.17) is 4.74 Å². The third-order valence-corrected chi connectivity index (χ3v) is 4.13. The van der Waals surface area contributed by atoms with Gasteiger partial charge in [0.05, 0.1) is 20.3 Å². The van der Waals surface area contributed by atoms with E-state index in [0.717, 1.165) is 0 Å². The van der Waals surface area contributed by atoms with Gasteiger partial charge in [-0.2, -0.15) is 0 Å². The molecule has 0 bridgehead atoms. The van der Waals surface area contributed by atoms with Crippen LogP contribution in [0.15, 0.2) is 0 Å². The summed E-state index contributed by atoms with van der Waals surface area (Å²) in [7, 11) is 1.31. The van der Waals surface area contributed by atoms with Gasteiger partial charge in [-0.25, -0.2) is 4.79 Å². The zero-order valence-corrected chi connectivity index (χ0v) is 12.5. The van der Waals surface area contributed by atoms with Crippen LogP contribution in [0.2, 0.25) is 0 Å². The number of ether oxygens (including phenoxy) is 2. The molecule has 0 spiro atoms. The number of rotatable bonds is 2. The smallest absolute Gasteiger partial charge is 0.336 e. The molecule has 2 saturated heterocycles. The number of esters is 1. The average Bonchev–Trinajstić information content (AvgIpc) is 2.53. The van der Waals surface area contributed by atoms with Crippen molar-refractivity contribution in [2.45, 2.75) is 25.9 Å². The van der Waals surface area contributed by atoms with Crippen molar-refractivity contribution in [1.82, 2.24) is 9.80 Å². The second kappa shape index (κ2) is 6.89. The first-order valence-electron chi connectivity index (χ1n) is 7.26. The third-order valence-electron chi connectivity index (χ3n) is 4.13. The van der Waals surface area contributed by atoms with Gasteiger partial charge < -0.3 is 19.3 Å². The Morgan fingerprint density at radius 3 is 2.33 bits per heavy atom. The van der Waals surface area contributed by atoms with E-state index in [1.807, 2.05) is 0 Å². The number of amides is 2. The SMILES string of the molecule is COC(=O)C1CN(C(=O)C2CCN(C(C)=O)CC2)CCO1. The number of hydrogen-bond donors (Lipinski definition) is 0. The van der Waals surface area contributed by atoms with Gasteiger partial charge >= 0.3 is 5.97 Å². The molecule has 2 fully saturated rings. The Morgan fingerprint density at radius 2 is 1.76 bits per heavy atom. The first-order valence-corrected chi connectivity index (χ1v) is 7.26. The van der Waals surface area contributed by atoms with Crippen LogP contribution >= 0.6 is 0 Å². The van der Waals surface area contributed by atoms with Crippen LogP contribution in [0.3, 0.4) is 0 Å². The molecule has 7 nitrogen and oxygen atoms in total. The van der Waals surface area contributed by atoms with E-state index < -0.39 is 12.1 Å². The van der Waals surface area contributed by atoms with Gasteiger partial charge in [-0.15, -0.1) is 0 Å². The molecule has 0 aromatic heterocycles. The Bertz CT molecular complexity index is 418. The Kier molecular flexibility index (Phi) is 5.17. The van der Waals surface area contributed by atoms with Gasteiger partial charge in [-0.05, 0) is 12.8 Å². The van der Waals surface area contributed by atoms with Crippen LogP contribution in [0.4, 0.5) is 0 Å². The molecule has 1 unspecified atom stereocenters. The fourth-order valence-corrected chi connectivity index (χ4v) is 2.82. The number of methoxy groups -OCH3 is 1. The van der Waals surface area contributed by atoms with Crippen LogP contribution in [0, 0.1) is 5.92 Å². The van der Waals surface area contributed by atoms with Crippen molar-refractivity contribution in [3.8, 4) is 0 Å². The first kappa shape index (κ1) is 15.8. The van der Waals surface area contributed by atoms with Crippen LogP contribution in [0.5, 0.6) is 0 Å². The maximum absolute atomic E-state index is 12.5. The van der Waals surface area contributed by atoms with Crippen molar-refractivity contribution in [2.75, 3.05) is 39.9 Å². The van der Waals surface area contributed by atoms with Crippen molar-refractivity contribution < 1.29 is 23.9 Å². The number of nitrogens with zero attached hydrogens (tertiary/aromatic N) is 2. The van der Waals surface area contributed by atoms with E-state index in [0.29, 0.717) is 39.1 Å². The van der Waals surface area contributed by atoms with E-state index in [1.165, 1.54) is 7.11 Å². The highest BCUT2D eigenvalue weighted by atomic mass is 16.6. The summed E-state index contributed by atoms with van der Waals surface area (Å²) >= 11 is 0. The molecule has 0 N–H and O–H groups in total. The minimum absolute atomic E-state index is 0.0513. The Hall–Kier alpha value is -1.63. The summed E-state index contributed by atoms with van der Waals surface area (Å²) in [6.45, 7) is 3.88. The molecule has 7 heteroatoms. The highest BCUT2D eigenvalue weighted by molar-refractivity contribution is 5.81. The lowest BCUT2D eigenvalue weighted by atomic mass is 9.95. The average molecular weight is 298 g/mol. The van der Waals surface area contributed by atoms with Crippen LogP contribution < -0.4 is 0 Å². The largest absolute Gasteiger partial charge is 0.467 e. The van der Waals surface area contributed by atoms with E-state index >= 15 is 0 Å². The van der Waals surface area contributed by atoms with Crippen molar-refractivity contribution in [2.24, 2.45) is 5.92 Å². The second-order valence-electron chi connectivity index (χ2n) is 5.45. The molecule has 0 saturated carbocycles. The molecule has 2 heterocycles. The molecule has 21 heavy (non-hydrogen) atoms. The highest BCUT2D eigenvalue weighted by Crippen LogP contribution is 2.21. The minimum atomic E-state index is -0.690. The summed E-state index contributed by atoms with van der Waals surface area (Å²) in [6, 6.07) is 0. The molecule has 0 aliphatic carbocycles. The molecule has 2 aliphatic rings. The van der Waals surface area contributed by atoms with Gasteiger partial charge in [0.15, 0.2) is 6.10 Å². The van der Waals surface area contributed by atoms with E-state index in [2.05, 4.69) is 4.74 Å². The molecule has 2 aliphatic heterocycles. The molecular weight excluding hydrogens is 276 g/mol. The van der Waals surface area contributed by atoms with Gasteiger partial charge in [-0.1, -0.05) is 0 Å². The molecular formula is C14H22N2O5. The van der Waals surface area contributed by atoms with E-state index in [9.17, 15) is 14.4 Å². The van der Waals surface area contributed by atoms with Gasteiger partial charge in [0, 0.05) is 32.5 Å². The predicted molar refractivity (Wildman–Crippen MR) is 73.3 cm³/mol. The number of carbonyl (C=O) groups is 3. The lowest BCUT2D eigenvalue weighted by molar-refractivity contribution is -0.164. The summed E-state index contributed by atoms with van der Waals surface area (Å²) in [5.74, 6) is -0.413. The molecule has 1 atom stereocenters. The van der Waals surface area contributed by atoms with Crippen molar-refractivity contribution in [1.29, 1.82) is 0 Å². The van der Waals surface area contributed by atoms with Crippen molar-refractivity contribution in [3.63, 3.8) is 0 Å². The number of carbonyl (C=O) groups excluding carboxylic acids is 3. The first-order chi connectivity index (χ1) is 10.0. The van der Waals surface area contributed by atoms with Gasteiger partial charge in [0.1, 0.15) is 0 Å². The lowest BCUT2D eigenvalue weighted by Gasteiger charge is -2.36. The summed E-state index contributed by atoms with van der Waals surface area (Å²) in [6.07, 6.45) is 0.669. The standard InChI is InChI=1S/C14H22N2O5/c1-10(17)15-5-3-11(4-6-15)13(18)16-7-8-21-12(9-16)14(19)20-2/h11-12H,3-9H2,1-2H3. The van der Waals surface area contributed by atoms with Crippen LogP contribution in [-0.4, -0.2) is 73.6 Å². The summed E-state index contributed by atoms with van der Waals surface area (Å²) < 4.78 is 9.98. The number of likely N-dealkylation sites (tertiary alicyclic amines) is 1. The van der Waals surface area contributed by atoms with Gasteiger partial charge in [-0.3, -0.25) is 9.59 Å². The van der Waals surface area contributed by atoms with Crippen LogP contribution in [0.1, 0.15) is 19.8 Å². The molecule has 0 aromatic carbocycles. The van der Waals surface area contributed by atoms with Gasteiger partial charge in [0.2, 0.25) is 11.8 Å². The summed E-state index contributed by atoms with van der Waals surface area (Å²) in [4.78, 5) is 38.7. The quantitative estimate of drug-likeness (QED) is 0.651. The second-order valence-corrected chi connectivity index (χ2v) is 5.45. The van der Waals surface area contributed by atoms with Crippen molar-refractivity contribution in [3.05, 3.63) is 0 Å². The molecule has 118 valence electrons. The van der Waals surface area contributed by atoms with Crippen molar-refractivity contribution >= 4 is 17.8 Å². The van der Waals surface area contributed by atoms with E-state index in [1.54, 1.807) is 16.7 Å². The lowest BCUT2D eigenvalue weighted by Crippen LogP contribution is -2.52. The summed E-state index contributed by atoms with van der Waals surface area (Å²) in [5, 5.41) is 0. The monoisotopic (exact) mass is 298 g/mol. The number of hydrogen-bond acceptors (Lipinski definition) is 5. The molecule has 2 amide bonds. The Labute approximate surface area is 124 Å². The van der Waals surface area contributed by atoms with Gasteiger partial charge in [0.25, 0.3) is 0 Å². The topological polar surface area (TPSA) is 76.2 Å². The fraction of sp³-hybridized carbons (Fsp3) is 0.786. The fourth-order valence-electron chi connectivity index (χ4n) is 2.82. The highest BCUT2D eigenvalue weighted by Gasteiger charge is 2.34. The molecule has 2 rings (SSSR count). The summed E-state index contributed by atoms with van der Waals surface area (Å²) in [5.41, 5.74) is 0.